The maximum atomic E-state index is 13.3. The maximum absolute atomic E-state index is 13.3. The van der Waals surface area contributed by atoms with Crippen molar-refractivity contribution < 1.29 is 14.3 Å². The quantitative estimate of drug-likeness (QED) is 0.743. The van der Waals surface area contributed by atoms with Crippen molar-refractivity contribution >= 4 is 5.91 Å². The fraction of sp³-hybridized carbons (Fsp3) is 0.217. The van der Waals surface area contributed by atoms with E-state index in [0.717, 1.165) is 16.7 Å². The largest absolute Gasteiger partial charge is 0.493 e. The summed E-state index contributed by atoms with van der Waals surface area (Å²) in [6.45, 7) is 0.556. The van der Waals surface area contributed by atoms with Gasteiger partial charge >= 0.3 is 0 Å². The highest BCUT2D eigenvalue weighted by Gasteiger charge is 2.33. The number of aromatic amines is 1. The lowest BCUT2D eigenvalue weighted by Crippen LogP contribution is -2.40. The van der Waals surface area contributed by atoms with Gasteiger partial charge in [-0.25, -0.2) is 0 Å². The monoisotopic (exact) mass is 390 g/mol. The summed E-state index contributed by atoms with van der Waals surface area (Å²) in [5, 5.41) is 0. The Kier molecular flexibility index (Phi) is 5.08. The molecule has 1 amide bonds. The molecule has 1 atom stereocenters. The molecule has 1 N–H and O–H groups in total. The van der Waals surface area contributed by atoms with Gasteiger partial charge in [0.25, 0.3) is 5.91 Å². The zero-order chi connectivity index (χ0) is 20.4. The molecule has 6 heteroatoms. The van der Waals surface area contributed by atoms with Crippen LogP contribution in [-0.2, 0) is 6.42 Å². The van der Waals surface area contributed by atoms with Gasteiger partial charge in [-0.1, -0.05) is 30.3 Å². The van der Waals surface area contributed by atoms with Gasteiger partial charge in [0.05, 0.1) is 25.8 Å². The molecular formula is C23H22N2O4. The summed E-state index contributed by atoms with van der Waals surface area (Å²) in [6.07, 6.45) is 2.17. The van der Waals surface area contributed by atoms with E-state index < -0.39 is 0 Å². The van der Waals surface area contributed by atoms with Gasteiger partial charge in [-0.2, -0.15) is 0 Å². The Balaban J connectivity index is 1.84. The minimum absolute atomic E-state index is 0.129. The summed E-state index contributed by atoms with van der Waals surface area (Å²) in [5.41, 5.74) is 3.37. The number of nitrogens with zero attached hydrogens (tertiary/aromatic N) is 1. The first-order chi connectivity index (χ1) is 14.1. The summed E-state index contributed by atoms with van der Waals surface area (Å²) in [4.78, 5) is 29.2. The summed E-state index contributed by atoms with van der Waals surface area (Å²) in [5.74, 6) is 1.18. The molecule has 6 nitrogen and oxygen atoms in total. The molecule has 1 aliphatic heterocycles. The van der Waals surface area contributed by atoms with Crippen LogP contribution in [0, 0.1) is 0 Å². The van der Waals surface area contributed by atoms with Crippen molar-refractivity contribution in [1.82, 2.24) is 9.88 Å². The highest BCUT2D eigenvalue weighted by atomic mass is 16.5. The third-order valence-electron chi connectivity index (χ3n) is 5.28. The number of methoxy groups -OCH3 is 2. The number of hydrogen-bond donors (Lipinski definition) is 1. The Morgan fingerprint density at radius 2 is 1.76 bits per heavy atom. The molecular weight excluding hydrogens is 368 g/mol. The molecule has 0 spiro atoms. The Morgan fingerprint density at radius 3 is 2.41 bits per heavy atom. The number of benzene rings is 2. The van der Waals surface area contributed by atoms with Crippen LogP contribution in [0.15, 0.2) is 65.6 Å². The van der Waals surface area contributed by atoms with Crippen LogP contribution >= 0.6 is 0 Å². The molecule has 0 fully saturated rings. The standard InChI is InChI=1S/C23H22N2O4/c1-28-19-12-16-10-11-25(23(27)17-8-9-21(26)24-14-17)22(15-6-4-3-5-7-15)18(16)13-20(19)29-2/h3-9,12-14,22H,10-11H2,1-2H3,(H,24,26). The lowest BCUT2D eigenvalue weighted by atomic mass is 9.87. The minimum Gasteiger partial charge on any atom is -0.493 e. The van der Waals surface area contributed by atoms with Crippen LogP contribution in [0.2, 0.25) is 0 Å². The Labute approximate surface area is 168 Å². The van der Waals surface area contributed by atoms with E-state index in [-0.39, 0.29) is 17.5 Å². The molecule has 0 aliphatic carbocycles. The summed E-state index contributed by atoms with van der Waals surface area (Å²) >= 11 is 0. The highest BCUT2D eigenvalue weighted by Crippen LogP contribution is 2.41. The number of carbonyl (C=O) groups excluding carboxylic acids is 1. The van der Waals surface area contributed by atoms with E-state index in [1.807, 2.05) is 47.4 Å². The molecule has 2 heterocycles. The van der Waals surface area contributed by atoms with Gasteiger partial charge in [0.15, 0.2) is 11.5 Å². The van der Waals surface area contributed by atoms with Crippen LogP contribution in [0.3, 0.4) is 0 Å². The smallest absolute Gasteiger partial charge is 0.256 e. The van der Waals surface area contributed by atoms with E-state index in [0.29, 0.717) is 30.0 Å². The van der Waals surface area contributed by atoms with Crippen LogP contribution in [0.1, 0.15) is 33.1 Å². The van der Waals surface area contributed by atoms with Crippen molar-refractivity contribution in [2.75, 3.05) is 20.8 Å². The summed E-state index contributed by atoms with van der Waals surface area (Å²) in [6, 6.07) is 16.5. The number of ether oxygens (including phenoxy) is 2. The van der Waals surface area contributed by atoms with Crippen molar-refractivity contribution in [3.05, 3.63) is 93.4 Å². The van der Waals surface area contributed by atoms with Gasteiger partial charge in [-0.05, 0) is 41.3 Å². The second-order valence-electron chi connectivity index (χ2n) is 6.91. The number of hydrogen-bond acceptors (Lipinski definition) is 4. The normalized spacial score (nSPS) is 15.5. The van der Waals surface area contributed by atoms with Gasteiger partial charge in [0.2, 0.25) is 5.56 Å². The molecule has 29 heavy (non-hydrogen) atoms. The number of H-pyrrole nitrogens is 1. The van der Waals surface area contributed by atoms with E-state index in [1.54, 1.807) is 20.3 Å². The molecule has 148 valence electrons. The number of nitrogens with one attached hydrogen (secondary N) is 1. The zero-order valence-corrected chi connectivity index (χ0v) is 16.3. The second-order valence-corrected chi connectivity index (χ2v) is 6.91. The van der Waals surface area contributed by atoms with Gasteiger partial charge in [-0.3, -0.25) is 9.59 Å². The first-order valence-corrected chi connectivity index (χ1v) is 9.42. The Bertz CT molecular complexity index is 1070. The van der Waals surface area contributed by atoms with Crippen LogP contribution in [0.25, 0.3) is 0 Å². The highest BCUT2D eigenvalue weighted by molar-refractivity contribution is 5.94. The van der Waals surface area contributed by atoms with Crippen LogP contribution in [0.4, 0.5) is 0 Å². The van der Waals surface area contributed by atoms with Gasteiger partial charge < -0.3 is 19.4 Å². The minimum atomic E-state index is -0.265. The van der Waals surface area contributed by atoms with E-state index >= 15 is 0 Å². The van der Waals surface area contributed by atoms with Crippen molar-refractivity contribution in [2.24, 2.45) is 0 Å². The van der Waals surface area contributed by atoms with E-state index in [9.17, 15) is 9.59 Å². The average Bonchev–Trinajstić information content (AvgIpc) is 2.77. The molecule has 4 rings (SSSR count). The predicted octanol–water partition coefficient (Wildman–Crippen LogP) is 3.18. The molecule has 1 aromatic heterocycles. The van der Waals surface area contributed by atoms with Crippen molar-refractivity contribution in [1.29, 1.82) is 0 Å². The average molecular weight is 390 g/mol. The summed E-state index contributed by atoms with van der Waals surface area (Å²) < 4.78 is 11.0. The lowest BCUT2D eigenvalue weighted by molar-refractivity contribution is 0.0693. The molecule has 0 saturated carbocycles. The first kappa shape index (κ1) is 18.8. The van der Waals surface area contributed by atoms with E-state index in [2.05, 4.69) is 4.98 Å². The number of amides is 1. The van der Waals surface area contributed by atoms with Crippen LogP contribution in [-0.4, -0.2) is 36.6 Å². The van der Waals surface area contributed by atoms with Crippen LogP contribution < -0.4 is 15.0 Å². The van der Waals surface area contributed by atoms with E-state index in [4.69, 9.17) is 9.47 Å². The third kappa shape index (κ3) is 3.49. The summed E-state index contributed by atoms with van der Waals surface area (Å²) in [7, 11) is 3.22. The molecule has 0 saturated heterocycles. The third-order valence-corrected chi connectivity index (χ3v) is 5.28. The van der Waals surface area contributed by atoms with Gasteiger partial charge in [0, 0.05) is 18.8 Å². The Morgan fingerprint density at radius 1 is 1.03 bits per heavy atom. The fourth-order valence-electron chi connectivity index (χ4n) is 3.87. The number of carbonyl (C=O) groups is 1. The number of fused-ring (bicyclic) bond motifs is 1. The maximum Gasteiger partial charge on any atom is 0.256 e. The molecule has 2 aromatic carbocycles. The van der Waals surface area contributed by atoms with Crippen molar-refractivity contribution in [2.45, 2.75) is 12.5 Å². The second kappa shape index (κ2) is 7.83. The SMILES string of the molecule is COc1cc2c(cc1OC)C(c1ccccc1)N(C(=O)c1ccc(=O)[nH]c1)CC2. The van der Waals surface area contributed by atoms with Crippen LogP contribution in [0.5, 0.6) is 11.5 Å². The molecule has 0 bridgehead atoms. The molecule has 0 radical (unpaired) electrons. The molecule has 1 unspecified atom stereocenters. The molecule has 3 aromatic rings. The number of pyridine rings is 1. The Hall–Kier alpha value is -3.54. The fourth-order valence-corrected chi connectivity index (χ4v) is 3.87. The van der Waals surface area contributed by atoms with Gasteiger partial charge in [-0.15, -0.1) is 0 Å². The molecule has 1 aliphatic rings. The number of aromatic nitrogens is 1. The first-order valence-electron chi connectivity index (χ1n) is 9.42. The number of rotatable bonds is 4. The topological polar surface area (TPSA) is 71.6 Å². The van der Waals surface area contributed by atoms with Crippen molar-refractivity contribution in [3.8, 4) is 11.5 Å². The van der Waals surface area contributed by atoms with Gasteiger partial charge in [0.1, 0.15) is 0 Å². The predicted molar refractivity (Wildman–Crippen MR) is 110 cm³/mol. The van der Waals surface area contributed by atoms with Crippen molar-refractivity contribution in [3.63, 3.8) is 0 Å². The van der Waals surface area contributed by atoms with E-state index in [1.165, 1.54) is 12.3 Å². The lowest BCUT2D eigenvalue weighted by Gasteiger charge is -2.38. The zero-order valence-electron chi connectivity index (χ0n) is 16.3.